The molecule has 0 aromatic rings. The van der Waals surface area contributed by atoms with Gasteiger partial charge >= 0.3 is 0 Å². The lowest BCUT2D eigenvalue weighted by Gasteiger charge is -1.89. The lowest BCUT2D eigenvalue weighted by atomic mass is 10.4. The Balaban J connectivity index is 3.19. The summed E-state index contributed by atoms with van der Waals surface area (Å²) in [6, 6.07) is 0. The molecular formula is C6H10OS. The van der Waals surface area contributed by atoms with Crippen molar-refractivity contribution < 1.29 is 5.11 Å². The summed E-state index contributed by atoms with van der Waals surface area (Å²) in [5.74, 6) is 0. The maximum atomic E-state index is 8.64. The summed E-state index contributed by atoms with van der Waals surface area (Å²) in [5.41, 5.74) is 0. The van der Waals surface area contributed by atoms with E-state index in [2.05, 4.69) is 6.58 Å². The Bertz CT molecular complexity index is 86.5. The number of hydrogen-bond donors (Lipinski definition) is 1. The molecule has 1 unspecified atom stereocenters. The predicted octanol–water partition coefficient (Wildman–Crippen LogP) is 1.76. The highest BCUT2D eigenvalue weighted by Gasteiger charge is 1.80. The predicted molar refractivity (Wildman–Crippen MR) is 38.6 cm³/mol. The fraction of sp³-hybridized carbons (Fsp3) is 0.333. The standard InChI is InChI=1S/C6H10OS/c1-3-8-5-4-6(2)7/h3-7H,1H2,2H3/b5-4-. The van der Waals surface area contributed by atoms with Crippen LogP contribution >= 0.6 is 11.8 Å². The molecule has 0 fully saturated rings. The van der Waals surface area contributed by atoms with Crippen molar-refractivity contribution >= 4 is 11.8 Å². The number of hydrogen-bond acceptors (Lipinski definition) is 2. The second kappa shape index (κ2) is 4.94. The lowest BCUT2D eigenvalue weighted by molar-refractivity contribution is 0.244. The molecule has 0 aliphatic carbocycles. The largest absolute Gasteiger partial charge is 0.389 e. The topological polar surface area (TPSA) is 20.2 Å². The molecule has 0 amide bonds. The van der Waals surface area contributed by atoms with Gasteiger partial charge in [-0.05, 0) is 23.8 Å². The third kappa shape index (κ3) is 5.79. The molecule has 8 heavy (non-hydrogen) atoms. The molecule has 0 aliphatic heterocycles. The van der Waals surface area contributed by atoms with Crippen LogP contribution in [0.3, 0.4) is 0 Å². The molecule has 0 spiro atoms. The normalized spacial score (nSPS) is 14.2. The van der Waals surface area contributed by atoms with Gasteiger partial charge in [0.15, 0.2) is 0 Å². The van der Waals surface area contributed by atoms with Gasteiger partial charge in [-0.25, -0.2) is 0 Å². The fourth-order valence-corrected chi connectivity index (χ4v) is 0.644. The molecule has 46 valence electrons. The van der Waals surface area contributed by atoms with Gasteiger partial charge in [-0.15, -0.1) is 11.8 Å². The van der Waals surface area contributed by atoms with Gasteiger partial charge in [0.25, 0.3) is 0 Å². The van der Waals surface area contributed by atoms with E-state index >= 15 is 0 Å². The summed E-state index contributed by atoms with van der Waals surface area (Å²) in [5, 5.41) is 12.2. The Morgan fingerprint density at radius 2 is 2.38 bits per heavy atom. The van der Waals surface area contributed by atoms with E-state index in [0.29, 0.717) is 0 Å². The maximum absolute atomic E-state index is 8.64. The number of thioether (sulfide) groups is 1. The van der Waals surface area contributed by atoms with Crippen molar-refractivity contribution in [3.05, 3.63) is 23.5 Å². The summed E-state index contributed by atoms with van der Waals surface area (Å²) in [7, 11) is 0. The molecule has 2 heteroatoms. The first-order chi connectivity index (χ1) is 3.77. The van der Waals surface area contributed by atoms with Crippen molar-refractivity contribution in [1.29, 1.82) is 0 Å². The first-order valence-corrected chi connectivity index (χ1v) is 3.32. The Labute approximate surface area is 54.1 Å². The average molecular weight is 130 g/mol. The van der Waals surface area contributed by atoms with E-state index in [1.165, 1.54) is 11.8 Å². The monoisotopic (exact) mass is 130 g/mol. The third-order valence-electron chi connectivity index (χ3n) is 0.532. The van der Waals surface area contributed by atoms with Crippen LogP contribution in [0.2, 0.25) is 0 Å². The number of rotatable bonds is 3. The zero-order valence-electron chi connectivity index (χ0n) is 4.87. The lowest BCUT2D eigenvalue weighted by Crippen LogP contribution is -1.90. The van der Waals surface area contributed by atoms with Gasteiger partial charge in [-0.2, -0.15) is 0 Å². The minimum Gasteiger partial charge on any atom is -0.389 e. The van der Waals surface area contributed by atoms with Gasteiger partial charge in [0, 0.05) is 0 Å². The highest BCUT2D eigenvalue weighted by molar-refractivity contribution is 8.04. The maximum Gasteiger partial charge on any atom is 0.0700 e. The summed E-state index contributed by atoms with van der Waals surface area (Å²) < 4.78 is 0. The van der Waals surface area contributed by atoms with E-state index in [-0.39, 0.29) is 6.10 Å². The van der Waals surface area contributed by atoms with E-state index in [4.69, 9.17) is 5.11 Å². The molecule has 0 rings (SSSR count). The van der Waals surface area contributed by atoms with E-state index < -0.39 is 0 Å². The van der Waals surface area contributed by atoms with Gasteiger partial charge < -0.3 is 5.11 Å². The number of aliphatic hydroxyl groups is 1. The summed E-state index contributed by atoms with van der Waals surface area (Å²) in [6.07, 6.45) is 1.36. The van der Waals surface area contributed by atoms with Crippen LogP contribution in [0.4, 0.5) is 0 Å². The third-order valence-corrected chi connectivity index (χ3v) is 1.04. The van der Waals surface area contributed by atoms with Crippen LogP contribution in [0.15, 0.2) is 23.5 Å². The molecule has 0 aliphatic rings. The zero-order valence-corrected chi connectivity index (χ0v) is 5.69. The quantitative estimate of drug-likeness (QED) is 0.628. The Hall–Kier alpha value is -0.210. The second-order valence-electron chi connectivity index (χ2n) is 1.37. The molecule has 0 saturated heterocycles. The zero-order chi connectivity index (χ0) is 6.41. The van der Waals surface area contributed by atoms with Gasteiger partial charge in [0.2, 0.25) is 0 Å². The Morgan fingerprint density at radius 1 is 1.75 bits per heavy atom. The molecule has 1 atom stereocenters. The summed E-state index contributed by atoms with van der Waals surface area (Å²) in [6.45, 7) is 5.20. The Morgan fingerprint density at radius 3 is 2.75 bits per heavy atom. The summed E-state index contributed by atoms with van der Waals surface area (Å²) >= 11 is 1.46. The first kappa shape index (κ1) is 7.79. The minimum atomic E-state index is -0.345. The van der Waals surface area contributed by atoms with Crippen LogP contribution in [-0.4, -0.2) is 11.2 Å². The highest BCUT2D eigenvalue weighted by Crippen LogP contribution is 2.01. The molecule has 1 N–H and O–H groups in total. The first-order valence-electron chi connectivity index (χ1n) is 2.38. The van der Waals surface area contributed by atoms with Gasteiger partial charge in [-0.3, -0.25) is 0 Å². The van der Waals surface area contributed by atoms with E-state index in [1.807, 2.05) is 0 Å². The summed E-state index contributed by atoms with van der Waals surface area (Å²) in [4.78, 5) is 0. The van der Waals surface area contributed by atoms with Crippen LogP contribution in [0, 0.1) is 0 Å². The molecule has 0 heterocycles. The Kier molecular flexibility index (Phi) is 4.81. The molecule has 0 aromatic heterocycles. The van der Waals surface area contributed by atoms with Crippen molar-refractivity contribution in [2.45, 2.75) is 13.0 Å². The highest BCUT2D eigenvalue weighted by atomic mass is 32.2. The van der Waals surface area contributed by atoms with E-state index in [0.717, 1.165) is 0 Å². The fourth-order valence-electron chi connectivity index (χ4n) is 0.215. The molecular weight excluding hydrogens is 120 g/mol. The SMILES string of the molecule is C=CS/C=C\C(C)O. The average Bonchev–Trinajstić information content (AvgIpc) is 1.66. The number of aliphatic hydroxyl groups excluding tert-OH is 1. The molecule has 0 saturated carbocycles. The van der Waals surface area contributed by atoms with Crippen molar-refractivity contribution in [3.8, 4) is 0 Å². The van der Waals surface area contributed by atoms with Crippen molar-refractivity contribution in [2.24, 2.45) is 0 Å². The van der Waals surface area contributed by atoms with E-state index in [9.17, 15) is 0 Å². The van der Waals surface area contributed by atoms with Gasteiger partial charge in [-0.1, -0.05) is 6.58 Å². The van der Waals surface area contributed by atoms with Gasteiger partial charge in [0.1, 0.15) is 0 Å². The van der Waals surface area contributed by atoms with Gasteiger partial charge in [0.05, 0.1) is 6.10 Å². The van der Waals surface area contributed by atoms with Crippen molar-refractivity contribution in [2.75, 3.05) is 0 Å². The minimum absolute atomic E-state index is 0.345. The van der Waals surface area contributed by atoms with Crippen molar-refractivity contribution in [1.82, 2.24) is 0 Å². The second-order valence-corrected chi connectivity index (χ2v) is 2.25. The molecule has 0 aromatic carbocycles. The van der Waals surface area contributed by atoms with Crippen LogP contribution < -0.4 is 0 Å². The molecule has 0 radical (unpaired) electrons. The molecule has 1 nitrogen and oxygen atoms in total. The smallest absolute Gasteiger partial charge is 0.0700 e. The van der Waals surface area contributed by atoms with Crippen LogP contribution in [0.25, 0.3) is 0 Å². The molecule has 0 bridgehead atoms. The van der Waals surface area contributed by atoms with Crippen LogP contribution in [0.5, 0.6) is 0 Å². The van der Waals surface area contributed by atoms with Crippen LogP contribution in [0.1, 0.15) is 6.92 Å². The van der Waals surface area contributed by atoms with E-state index in [1.54, 1.807) is 23.8 Å². The van der Waals surface area contributed by atoms with Crippen LogP contribution in [-0.2, 0) is 0 Å². The van der Waals surface area contributed by atoms with Crippen molar-refractivity contribution in [3.63, 3.8) is 0 Å².